The van der Waals surface area contributed by atoms with Crippen LogP contribution in [-0.2, 0) is 14.8 Å². The second kappa shape index (κ2) is 6.30. The molecule has 0 saturated carbocycles. The van der Waals surface area contributed by atoms with Crippen molar-refractivity contribution in [1.82, 2.24) is 4.72 Å². The van der Waals surface area contributed by atoms with E-state index in [0.29, 0.717) is 0 Å². The maximum absolute atomic E-state index is 12.3. The van der Waals surface area contributed by atoms with Crippen LogP contribution in [0.1, 0.15) is 26.7 Å². The van der Waals surface area contributed by atoms with Crippen LogP contribution in [0, 0.1) is 0 Å². The average molecular weight is 340 g/mol. The lowest BCUT2D eigenvalue weighted by Gasteiger charge is -2.27. The number of aliphatic carboxylic acids is 1. The number of rotatable bonds is 6. The number of carbonyl (C=O) groups is 1. The smallest absolute Gasteiger partial charge is 0.324 e. The monoisotopic (exact) mass is 339 g/mol. The maximum atomic E-state index is 12.3. The molecule has 0 aromatic heterocycles. The van der Waals surface area contributed by atoms with Crippen LogP contribution in [0.5, 0.6) is 0 Å². The fourth-order valence-corrected chi connectivity index (χ4v) is 4.01. The molecule has 1 aromatic carbocycles. The fraction of sp³-hybridized carbons (Fsp3) is 0.417. The van der Waals surface area contributed by atoms with Crippen molar-refractivity contribution in [2.45, 2.75) is 37.1 Å². The highest BCUT2D eigenvalue weighted by atomic mass is 35.5. The molecule has 8 heteroatoms. The first-order chi connectivity index (χ1) is 9.20. The van der Waals surface area contributed by atoms with Crippen molar-refractivity contribution in [3.8, 4) is 0 Å². The molecule has 0 saturated heterocycles. The Balaban J connectivity index is 3.31. The summed E-state index contributed by atoms with van der Waals surface area (Å²) < 4.78 is 26.9. The van der Waals surface area contributed by atoms with Crippen molar-refractivity contribution >= 4 is 39.2 Å². The topological polar surface area (TPSA) is 83.5 Å². The van der Waals surface area contributed by atoms with E-state index in [9.17, 15) is 18.3 Å². The molecular weight excluding hydrogens is 325 g/mol. The summed E-state index contributed by atoms with van der Waals surface area (Å²) in [6.45, 7) is 3.19. The molecule has 0 aliphatic heterocycles. The largest absolute Gasteiger partial charge is 0.480 e. The third-order valence-electron chi connectivity index (χ3n) is 3.15. The number of nitrogens with one attached hydrogen (secondary N) is 1. The van der Waals surface area contributed by atoms with E-state index < -0.39 is 21.5 Å². The van der Waals surface area contributed by atoms with Gasteiger partial charge in [-0.1, -0.05) is 43.1 Å². The molecular formula is C12H15Cl2NO4S. The van der Waals surface area contributed by atoms with E-state index in [1.54, 1.807) is 13.8 Å². The Labute approximate surface area is 127 Å². The number of benzene rings is 1. The lowest BCUT2D eigenvalue weighted by atomic mass is 9.95. The zero-order chi connectivity index (χ0) is 15.6. The van der Waals surface area contributed by atoms with Gasteiger partial charge in [-0.15, -0.1) is 0 Å². The summed E-state index contributed by atoms with van der Waals surface area (Å²) in [5.41, 5.74) is -1.57. The lowest BCUT2D eigenvalue weighted by molar-refractivity contribution is -0.144. The molecule has 1 aromatic rings. The van der Waals surface area contributed by atoms with Crippen molar-refractivity contribution < 1.29 is 18.3 Å². The average Bonchev–Trinajstić information content (AvgIpc) is 2.38. The Morgan fingerprint density at radius 1 is 1.30 bits per heavy atom. The van der Waals surface area contributed by atoms with Crippen LogP contribution < -0.4 is 4.72 Å². The van der Waals surface area contributed by atoms with Crippen molar-refractivity contribution in [2.75, 3.05) is 0 Å². The predicted molar refractivity (Wildman–Crippen MR) is 77.7 cm³/mol. The Morgan fingerprint density at radius 3 is 2.30 bits per heavy atom. The summed E-state index contributed by atoms with van der Waals surface area (Å²) in [5, 5.41) is 9.23. The first kappa shape index (κ1) is 17.2. The van der Waals surface area contributed by atoms with E-state index >= 15 is 0 Å². The second-order valence-electron chi connectivity index (χ2n) is 4.25. The first-order valence-electron chi connectivity index (χ1n) is 5.91. The summed E-state index contributed by atoms with van der Waals surface area (Å²) in [6, 6.07) is 4.16. The normalized spacial score (nSPS) is 12.4. The molecule has 2 N–H and O–H groups in total. The van der Waals surface area contributed by atoms with Crippen molar-refractivity contribution in [1.29, 1.82) is 0 Å². The number of sulfonamides is 1. The van der Waals surface area contributed by atoms with Crippen LogP contribution in [0.25, 0.3) is 0 Å². The Morgan fingerprint density at radius 2 is 1.85 bits per heavy atom. The third-order valence-corrected chi connectivity index (χ3v) is 5.66. The molecule has 0 aliphatic carbocycles. The highest BCUT2D eigenvalue weighted by Gasteiger charge is 2.39. The SMILES string of the molecule is CCC(CC)(NS(=O)(=O)c1cccc(Cl)c1Cl)C(=O)O. The van der Waals surface area contributed by atoms with Crippen LogP contribution in [0.2, 0.25) is 10.0 Å². The number of carboxylic acids is 1. The van der Waals surface area contributed by atoms with Crippen LogP contribution in [0.3, 0.4) is 0 Å². The van der Waals surface area contributed by atoms with Gasteiger partial charge in [-0.25, -0.2) is 8.42 Å². The van der Waals surface area contributed by atoms with Gasteiger partial charge >= 0.3 is 5.97 Å². The summed E-state index contributed by atoms with van der Waals surface area (Å²) in [5.74, 6) is -1.23. The van der Waals surface area contributed by atoms with Gasteiger partial charge in [0, 0.05) is 0 Å². The highest BCUT2D eigenvalue weighted by Crippen LogP contribution is 2.30. The van der Waals surface area contributed by atoms with Gasteiger partial charge in [0.1, 0.15) is 10.4 Å². The van der Waals surface area contributed by atoms with Gasteiger partial charge in [-0.2, -0.15) is 4.72 Å². The summed E-state index contributed by atoms with van der Waals surface area (Å²) in [4.78, 5) is 11.1. The minimum Gasteiger partial charge on any atom is -0.480 e. The molecule has 1 rings (SSSR count). The number of hydrogen-bond acceptors (Lipinski definition) is 3. The van der Waals surface area contributed by atoms with Gasteiger partial charge in [0.25, 0.3) is 0 Å². The maximum Gasteiger partial charge on any atom is 0.324 e. The molecule has 0 fully saturated rings. The molecule has 0 aliphatic rings. The molecule has 0 atom stereocenters. The van der Waals surface area contributed by atoms with Crippen LogP contribution in [0.15, 0.2) is 23.1 Å². The van der Waals surface area contributed by atoms with E-state index in [1.165, 1.54) is 18.2 Å². The quantitative estimate of drug-likeness (QED) is 0.834. The zero-order valence-electron chi connectivity index (χ0n) is 11.0. The van der Waals surface area contributed by atoms with Crippen molar-refractivity contribution in [2.24, 2.45) is 0 Å². The van der Waals surface area contributed by atoms with E-state index in [2.05, 4.69) is 4.72 Å². The molecule has 0 radical (unpaired) electrons. The Hall–Kier alpha value is -0.820. The van der Waals surface area contributed by atoms with Gasteiger partial charge in [-0.05, 0) is 25.0 Å². The van der Waals surface area contributed by atoms with Gasteiger partial charge in [0.15, 0.2) is 0 Å². The fourth-order valence-electron chi connectivity index (χ4n) is 1.74. The number of halogens is 2. The second-order valence-corrected chi connectivity index (χ2v) is 6.69. The standard InChI is InChI=1S/C12H15Cl2NO4S/c1-3-12(4-2,11(16)17)15-20(18,19)9-7-5-6-8(13)10(9)14/h5-7,15H,3-4H2,1-2H3,(H,16,17). The van der Waals surface area contributed by atoms with Gasteiger partial charge < -0.3 is 5.11 Å². The summed E-state index contributed by atoms with van der Waals surface area (Å²) >= 11 is 11.7. The van der Waals surface area contributed by atoms with Crippen molar-refractivity contribution in [3.63, 3.8) is 0 Å². The number of carboxylic acid groups (broad SMARTS) is 1. The van der Waals surface area contributed by atoms with Crippen molar-refractivity contribution in [3.05, 3.63) is 28.2 Å². The highest BCUT2D eigenvalue weighted by molar-refractivity contribution is 7.89. The number of hydrogen-bond donors (Lipinski definition) is 2. The molecule has 0 unspecified atom stereocenters. The molecule has 0 spiro atoms. The summed E-state index contributed by atoms with van der Waals surface area (Å²) in [6.07, 6.45) is 0.215. The minimum atomic E-state index is -4.09. The van der Waals surface area contributed by atoms with E-state index in [1.807, 2.05) is 0 Å². The lowest BCUT2D eigenvalue weighted by Crippen LogP contribution is -2.53. The zero-order valence-corrected chi connectivity index (χ0v) is 13.3. The predicted octanol–water partition coefficient (Wildman–Crippen LogP) is 2.92. The van der Waals surface area contributed by atoms with E-state index in [0.717, 1.165) is 0 Å². The molecule has 5 nitrogen and oxygen atoms in total. The summed E-state index contributed by atoms with van der Waals surface area (Å²) in [7, 11) is -4.09. The molecule has 112 valence electrons. The first-order valence-corrected chi connectivity index (χ1v) is 8.15. The van der Waals surface area contributed by atoms with Gasteiger partial charge in [0.2, 0.25) is 10.0 Å². The van der Waals surface area contributed by atoms with Gasteiger partial charge in [0.05, 0.1) is 10.0 Å². The van der Waals surface area contributed by atoms with E-state index in [4.69, 9.17) is 23.2 Å². The van der Waals surface area contributed by atoms with Gasteiger partial charge in [-0.3, -0.25) is 4.79 Å². The van der Waals surface area contributed by atoms with Crippen LogP contribution in [-0.4, -0.2) is 25.0 Å². The Kier molecular flexibility index (Phi) is 5.43. The van der Waals surface area contributed by atoms with Crippen LogP contribution >= 0.6 is 23.2 Å². The minimum absolute atomic E-state index is 0.0865. The molecule has 0 bridgehead atoms. The van der Waals surface area contributed by atoms with E-state index in [-0.39, 0.29) is 27.8 Å². The molecule has 0 heterocycles. The molecule has 0 amide bonds. The molecule has 20 heavy (non-hydrogen) atoms. The Bertz CT molecular complexity index is 612. The van der Waals surface area contributed by atoms with Crippen LogP contribution in [0.4, 0.5) is 0 Å². The third kappa shape index (κ3) is 3.25.